The summed E-state index contributed by atoms with van der Waals surface area (Å²) in [5.74, 6) is -0.0685. The van der Waals surface area contributed by atoms with Crippen molar-refractivity contribution in [3.63, 3.8) is 0 Å². The average Bonchev–Trinajstić information content (AvgIpc) is 2.55. The molecule has 1 aromatic heterocycles. The third-order valence-corrected chi connectivity index (χ3v) is 1.80. The molecule has 3 nitrogen and oxygen atoms in total. The molecule has 2 radical (unpaired) electrons. The van der Waals surface area contributed by atoms with Crippen molar-refractivity contribution in [1.29, 1.82) is 0 Å². The van der Waals surface area contributed by atoms with Crippen LogP contribution in [0.25, 0.3) is 0 Å². The van der Waals surface area contributed by atoms with E-state index >= 15 is 0 Å². The van der Waals surface area contributed by atoms with Crippen molar-refractivity contribution >= 4 is 53.7 Å². The Labute approximate surface area is 127 Å². The molecule has 7 heteroatoms. The second-order valence-electron chi connectivity index (χ2n) is 3.12. The van der Waals surface area contributed by atoms with Gasteiger partial charge in [0.25, 0.3) is 5.91 Å². The molecular formula is C9H13BI2N2OV. The van der Waals surface area contributed by atoms with Gasteiger partial charge in [-0.05, 0) is 18.6 Å². The normalized spacial score (nSPS) is 9.00. The number of nitrogens with zero attached hydrogens (tertiary/aromatic N) is 1. The molecule has 0 bridgehead atoms. The van der Waals surface area contributed by atoms with Crippen molar-refractivity contribution in [3.05, 3.63) is 23.5 Å². The summed E-state index contributed by atoms with van der Waals surface area (Å²) < 4.78 is 1.81. The number of aryl methyl sites for hydroxylation is 2. The van der Waals surface area contributed by atoms with Crippen LogP contribution >= 0.6 is 40.0 Å². The van der Waals surface area contributed by atoms with E-state index in [1.54, 1.807) is 4.57 Å². The average molecular weight is 481 g/mol. The van der Waals surface area contributed by atoms with Gasteiger partial charge in [-0.3, -0.25) is 4.79 Å². The van der Waals surface area contributed by atoms with Gasteiger partial charge >= 0.3 is 49.4 Å². The van der Waals surface area contributed by atoms with Gasteiger partial charge < -0.3 is 9.88 Å². The topological polar surface area (TPSA) is 34.0 Å². The Balaban J connectivity index is 0.000000673. The standard InChI is InChI=1S/C9H13BN2O.2HI.V/c1-7-5-8(12(2)6-7)9(13)11-4-3-10;;;/h5-6H,3-4H2,1-2H3,(H,11,13);2*1H;/q;;;+2/p-2. The van der Waals surface area contributed by atoms with Crippen molar-refractivity contribution < 1.29 is 14.3 Å². The molecule has 0 aliphatic heterocycles. The molecule has 0 aromatic carbocycles. The Hall–Kier alpha value is 0.859. The predicted molar refractivity (Wildman–Crippen MR) is 81.1 cm³/mol. The van der Waals surface area contributed by atoms with Gasteiger partial charge in [0.1, 0.15) is 5.69 Å². The Bertz CT molecular complexity index is 333. The van der Waals surface area contributed by atoms with Crippen LogP contribution in [0.4, 0.5) is 0 Å². The molecule has 0 aliphatic carbocycles. The first kappa shape index (κ1) is 16.9. The van der Waals surface area contributed by atoms with Gasteiger partial charge in [-0.25, -0.2) is 0 Å². The summed E-state index contributed by atoms with van der Waals surface area (Å²) in [6, 6.07) is 1.85. The van der Waals surface area contributed by atoms with Crippen molar-refractivity contribution in [2.75, 3.05) is 6.54 Å². The van der Waals surface area contributed by atoms with Gasteiger partial charge in [-0.1, -0.05) is 6.32 Å². The molecule has 0 saturated carbocycles. The summed E-state index contributed by atoms with van der Waals surface area (Å²) in [7, 11) is 7.76. The van der Waals surface area contributed by atoms with E-state index in [2.05, 4.69) is 45.3 Å². The van der Waals surface area contributed by atoms with Crippen LogP contribution < -0.4 is 5.32 Å². The fourth-order valence-electron chi connectivity index (χ4n) is 1.23. The Morgan fingerprint density at radius 3 is 2.56 bits per heavy atom. The van der Waals surface area contributed by atoms with Crippen LogP contribution in [0.5, 0.6) is 0 Å². The van der Waals surface area contributed by atoms with Gasteiger partial charge in [-0.15, -0.1) is 0 Å². The van der Waals surface area contributed by atoms with E-state index in [1.165, 1.54) is 0 Å². The number of carbonyl (C=O) groups excluding carboxylic acids is 1. The minimum atomic E-state index is -0.0685. The number of aromatic nitrogens is 1. The molecule has 0 saturated heterocycles. The van der Waals surface area contributed by atoms with E-state index in [9.17, 15) is 4.79 Å². The summed E-state index contributed by atoms with van der Waals surface area (Å²) in [6.07, 6.45) is 2.38. The molecule has 1 amide bonds. The zero-order valence-corrected chi connectivity index (χ0v) is 14.9. The van der Waals surface area contributed by atoms with E-state index in [0.29, 0.717) is 28.0 Å². The van der Waals surface area contributed by atoms with E-state index < -0.39 is 0 Å². The molecule has 1 aromatic rings. The molecule has 87 valence electrons. The molecule has 0 spiro atoms. The zero-order valence-electron chi connectivity index (χ0n) is 9.20. The van der Waals surface area contributed by atoms with Crippen molar-refractivity contribution in [2.24, 2.45) is 7.05 Å². The second-order valence-corrected chi connectivity index (χ2v) is 14.9. The Kier molecular flexibility index (Phi) is 10.4. The van der Waals surface area contributed by atoms with Gasteiger partial charge in [0.2, 0.25) is 0 Å². The number of nitrogens with one attached hydrogen (secondary N) is 1. The third kappa shape index (κ3) is 6.56. The Morgan fingerprint density at radius 1 is 1.62 bits per heavy atom. The summed E-state index contributed by atoms with van der Waals surface area (Å²) in [5, 5.41) is 2.72. The van der Waals surface area contributed by atoms with E-state index in [-0.39, 0.29) is 5.91 Å². The first-order chi connectivity index (χ1) is 7.56. The summed E-state index contributed by atoms with van der Waals surface area (Å²) in [4.78, 5) is 11.5. The molecule has 1 rings (SSSR count). The van der Waals surface area contributed by atoms with Crippen LogP contribution in [0.2, 0.25) is 6.32 Å². The first-order valence-electron chi connectivity index (χ1n) is 4.60. The maximum atomic E-state index is 11.5. The zero-order chi connectivity index (χ0) is 12.6. The molecule has 0 aliphatic rings. The minimum absolute atomic E-state index is 0.0685. The fourth-order valence-corrected chi connectivity index (χ4v) is 1.23. The van der Waals surface area contributed by atoms with Gasteiger partial charge in [0, 0.05) is 19.8 Å². The number of hydrogen-bond donors (Lipinski definition) is 1. The molecule has 0 fully saturated rings. The van der Waals surface area contributed by atoms with E-state index in [1.807, 2.05) is 26.2 Å². The van der Waals surface area contributed by atoms with Crippen LogP contribution in [-0.4, -0.2) is 24.9 Å². The molecule has 1 heterocycles. The van der Waals surface area contributed by atoms with Crippen LogP contribution in [0, 0.1) is 6.92 Å². The monoisotopic (exact) mass is 481 g/mol. The molecule has 0 atom stereocenters. The SMILES string of the molecule is [B]CCNC(=O)c1cc(C)cn1C.[I][V][I]. The van der Waals surface area contributed by atoms with Gasteiger partial charge in [0.05, 0.1) is 7.85 Å². The van der Waals surface area contributed by atoms with Gasteiger partial charge in [-0.2, -0.15) is 0 Å². The maximum absolute atomic E-state index is 11.5. The fraction of sp³-hybridized carbons (Fsp3) is 0.444. The van der Waals surface area contributed by atoms with Crippen LogP contribution in [0.3, 0.4) is 0 Å². The van der Waals surface area contributed by atoms with E-state index in [4.69, 9.17) is 7.85 Å². The first-order valence-corrected chi connectivity index (χ1v) is 13.6. The van der Waals surface area contributed by atoms with Crippen LogP contribution in [-0.2, 0) is 16.5 Å². The van der Waals surface area contributed by atoms with Gasteiger partial charge in [0.15, 0.2) is 0 Å². The molecule has 0 unspecified atom stereocenters. The Morgan fingerprint density at radius 2 is 2.19 bits per heavy atom. The summed E-state index contributed by atoms with van der Waals surface area (Å²) in [5.41, 5.74) is 1.76. The number of halogens is 2. The van der Waals surface area contributed by atoms with E-state index in [0.717, 1.165) is 5.56 Å². The number of rotatable bonds is 3. The molecule has 1 N–H and O–H groups in total. The number of hydrogen-bond acceptors (Lipinski definition) is 1. The number of carbonyl (C=O) groups is 1. The number of amides is 1. The van der Waals surface area contributed by atoms with Crippen molar-refractivity contribution in [1.82, 2.24) is 9.88 Å². The van der Waals surface area contributed by atoms with Crippen molar-refractivity contribution in [2.45, 2.75) is 13.2 Å². The summed E-state index contributed by atoms with van der Waals surface area (Å²) in [6.45, 7) is 2.47. The van der Waals surface area contributed by atoms with Crippen molar-refractivity contribution in [3.8, 4) is 0 Å². The third-order valence-electron chi connectivity index (χ3n) is 1.80. The van der Waals surface area contributed by atoms with Crippen LogP contribution in [0.15, 0.2) is 12.3 Å². The molecular weight excluding hydrogens is 468 g/mol. The predicted octanol–water partition coefficient (Wildman–Crippen LogP) is 2.42. The summed E-state index contributed by atoms with van der Waals surface area (Å²) >= 11 is 4.74. The van der Waals surface area contributed by atoms with Crippen LogP contribution in [0.1, 0.15) is 16.1 Å². The quantitative estimate of drug-likeness (QED) is 0.523. The molecule has 16 heavy (non-hydrogen) atoms. The second kappa shape index (κ2) is 9.85.